The largest absolute Gasteiger partial charge is 0.441 e. The summed E-state index contributed by atoms with van der Waals surface area (Å²) in [5, 5.41) is 9.55. The summed E-state index contributed by atoms with van der Waals surface area (Å²) in [6, 6.07) is 9.55. The molecule has 3 rings (SSSR count). The molecule has 1 aromatic heterocycles. The van der Waals surface area contributed by atoms with Gasteiger partial charge in [-0.1, -0.05) is 17.7 Å². The van der Waals surface area contributed by atoms with Gasteiger partial charge in [0.15, 0.2) is 0 Å². The fourth-order valence-corrected chi connectivity index (χ4v) is 3.04. The number of oxazole rings is 1. The third-order valence-electron chi connectivity index (χ3n) is 4.31. The molecule has 1 amide bonds. The van der Waals surface area contributed by atoms with Crippen LogP contribution in [-0.4, -0.2) is 28.9 Å². The Morgan fingerprint density at radius 3 is 2.88 bits per heavy atom. The molecule has 2 aromatic rings. The van der Waals surface area contributed by atoms with E-state index in [1.807, 2.05) is 19.1 Å². The molecular weight excluding hydrogens is 326 g/mol. The van der Waals surface area contributed by atoms with Crippen LogP contribution in [0.2, 0.25) is 5.02 Å². The number of carbonyl (C=O) groups excluding carboxylic acids is 1. The molecule has 1 aromatic carbocycles. The number of piperidine rings is 1. The zero-order valence-electron chi connectivity index (χ0n) is 13.5. The Bertz CT molecular complexity index is 786. The van der Waals surface area contributed by atoms with Crippen LogP contribution < -0.4 is 0 Å². The molecule has 0 aliphatic carbocycles. The number of aryl methyl sites for hydroxylation is 1. The molecule has 0 atom stereocenters. The van der Waals surface area contributed by atoms with Crippen LogP contribution in [0.4, 0.5) is 0 Å². The van der Waals surface area contributed by atoms with E-state index in [0.29, 0.717) is 35.5 Å². The third-order valence-corrected chi connectivity index (χ3v) is 4.55. The van der Waals surface area contributed by atoms with E-state index in [0.717, 1.165) is 18.4 Å². The average molecular weight is 344 g/mol. The van der Waals surface area contributed by atoms with Crippen molar-refractivity contribution in [1.82, 2.24) is 9.88 Å². The number of nitriles is 1. The zero-order valence-corrected chi connectivity index (χ0v) is 14.2. The van der Waals surface area contributed by atoms with Crippen LogP contribution in [-0.2, 0) is 11.2 Å². The Morgan fingerprint density at radius 2 is 2.21 bits per heavy atom. The normalized spacial score (nSPS) is 15.3. The van der Waals surface area contributed by atoms with Gasteiger partial charge in [-0.3, -0.25) is 4.79 Å². The Hall–Kier alpha value is -2.32. The number of likely N-dealkylation sites (tertiary alicyclic amines) is 1. The summed E-state index contributed by atoms with van der Waals surface area (Å²) in [5.74, 6) is 1.21. The number of aromatic nitrogens is 1. The second-order valence-electron chi connectivity index (χ2n) is 5.99. The molecule has 5 nitrogen and oxygen atoms in total. The van der Waals surface area contributed by atoms with Crippen molar-refractivity contribution in [3.63, 3.8) is 0 Å². The molecular formula is C18H18ClN3O2. The zero-order chi connectivity index (χ0) is 17.1. The molecule has 1 aliphatic heterocycles. The number of rotatable bonds is 3. The Morgan fingerprint density at radius 1 is 1.46 bits per heavy atom. The van der Waals surface area contributed by atoms with Crippen molar-refractivity contribution in [3.05, 3.63) is 40.7 Å². The first-order valence-corrected chi connectivity index (χ1v) is 8.34. The Kier molecular flexibility index (Phi) is 4.86. The lowest BCUT2D eigenvalue weighted by Crippen LogP contribution is -2.39. The highest BCUT2D eigenvalue weighted by molar-refractivity contribution is 6.30. The number of nitrogens with zero attached hydrogens (tertiary/aromatic N) is 3. The van der Waals surface area contributed by atoms with Crippen molar-refractivity contribution >= 4 is 17.5 Å². The first kappa shape index (κ1) is 16.5. The van der Waals surface area contributed by atoms with E-state index >= 15 is 0 Å². The van der Waals surface area contributed by atoms with Gasteiger partial charge in [0.25, 0.3) is 0 Å². The lowest BCUT2D eigenvalue weighted by atomic mass is 9.98. The summed E-state index contributed by atoms with van der Waals surface area (Å²) in [6.45, 7) is 3.08. The molecule has 0 saturated carbocycles. The quantitative estimate of drug-likeness (QED) is 0.853. The number of carbonyl (C=O) groups is 1. The standard InChI is InChI=1S/C18H18ClN3O2/c1-12-16(10-17(23)22-7-5-13(11-20)6-8-22)21-18(24-12)14-3-2-4-15(19)9-14/h2-4,9,13H,5-8,10H2,1H3. The number of amides is 1. The monoisotopic (exact) mass is 343 g/mol. The van der Waals surface area contributed by atoms with Crippen molar-refractivity contribution in [2.24, 2.45) is 5.92 Å². The molecule has 124 valence electrons. The van der Waals surface area contributed by atoms with Gasteiger partial charge in [-0.15, -0.1) is 0 Å². The van der Waals surface area contributed by atoms with Crippen molar-refractivity contribution in [2.45, 2.75) is 26.2 Å². The minimum absolute atomic E-state index is 0.0282. The van der Waals surface area contributed by atoms with Crippen LogP contribution in [0.25, 0.3) is 11.5 Å². The second-order valence-corrected chi connectivity index (χ2v) is 6.43. The number of halogens is 1. The molecule has 1 aliphatic rings. The molecule has 2 heterocycles. The lowest BCUT2D eigenvalue weighted by Gasteiger charge is -2.29. The van der Waals surface area contributed by atoms with E-state index in [1.54, 1.807) is 17.0 Å². The molecule has 1 fully saturated rings. The number of benzene rings is 1. The van der Waals surface area contributed by atoms with Gasteiger partial charge >= 0.3 is 0 Å². The fourth-order valence-electron chi connectivity index (χ4n) is 2.85. The van der Waals surface area contributed by atoms with Crippen LogP contribution in [0.3, 0.4) is 0 Å². The molecule has 1 saturated heterocycles. The molecule has 0 N–H and O–H groups in total. The van der Waals surface area contributed by atoms with Gasteiger partial charge < -0.3 is 9.32 Å². The van der Waals surface area contributed by atoms with E-state index in [2.05, 4.69) is 11.1 Å². The van der Waals surface area contributed by atoms with Gasteiger partial charge in [0.1, 0.15) is 5.76 Å². The maximum Gasteiger partial charge on any atom is 0.228 e. The number of hydrogen-bond donors (Lipinski definition) is 0. The van der Waals surface area contributed by atoms with E-state index in [1.165, 1.54) is 0 Å². The highest BCUT2D eigenvalue weighted by atomic mass is 35.5. The minimum atomic E-state index is 0.0282. The second kappa shape index (κ2) is 7.06. The van der Waals surface area contributed by atoms with Gasteiger partial charge in [0.2, 0.25) is 11.8 Å². The average Bonchev–Trinajstić information content (AvgIpc) is 2.96. The molecule has 6 heteroatoms. The molecule has 0 unspecified atom stereocenters. The Labute approximate surface area is 145 Å². The predicted molar refractivity (Wildman–Crippen MR) is 90.3 cm³/mol. The predicted octanol–water partition coefficient (Wildman–Crippen LogP) is 3.61. The third kappa shape index (κ3) is 3.60. The van der Waals surface area contributed by atoms with Crippen LogP contribution in [0.1, 0.15) is 24.3 Å². The van der Waals surface area contributed by atoms with E-state index < -0.39 is 0 Å². The summed E-state index contributed by atoms with van der Waals surface area (Å²) >= 11 is 6.00. The SMILES string of the molecule is Cc1oc(-c2cccc(Cl)c2)nc1CC(=O)N1CCC(C#N)CC1. The minimum Gasteiger partial charge on any atom is -0.441 e. The highest BCUT2D eigenvalue weighted by Gasteiger charge is 2.24. The summed E-state index contributed by atoms with van der Waals surface area (Å²) in [7, 11) is 0. The van der Waals surface area contributed by atoms with Crippen molar-refractivity contribution in [1.29, 1.82) is 5.26 Å². The van der Waals surface area contributed by atoms with Crippen molar-refractivity contribution < 1.29 is 9.21 Å². The summed E-state index contributed by atoms with van der Waals surface area (Å²) in [5.41, 5.74) is 1.44. The smallest absolute Gasteiger partial charge is 0.228 e. The van der Waals surface area contributed by atoms with Crippen LogP contribution in [0.5, 0.6) is 0 Å². The first-order valence-electron chi connectivity index (χ1n) is 7.96. The van der Waals surface area contributed by atoms with Gasteiger partial charge in [-0.2, -0.15) is 5.26 Å². The van der Waals surface area contributed by atoms with Crippen LogP contribution in [0.15, 0.2) is 28.7 Å². The van der Waals surface area contributed by atoms with Crippen LogP contribution in [0, 0.1) is 24.2 Å². The molecule has 0 bridgehead atoms. The van der Waals surface area contributed by atoms with E-state index in [4.69, 9.17) is 21.3 Å². The van der Waals surface area contributed by atoms with Crippen molar-refractivity contribution in [2.75, 3.05) is 13.1 Å². The summed E-state index contributed by atoms with van der Waals surface area (Å²) in [4.78, 5) is 18.7. The van der Waals surface area contributed by atoms with E-state index in [9.17, 15) is 4.79 Å². The first-order chi connectivity index (χ1) is 11.6. The molecule has 24 heavy (non-hydrogen) atoms. The van der Waals surface area contributed by atoms with Gasteiger partial charge in [0.05, 0.1) is 18.2 Å². The summed E-state index contributed by atoms with van der Waals surface area (Å²) in [6.07, 6.45) is 1.70. The van der Waals surface area contributed by atoms with E-state index in [-0.39, 0.29) is 18.2 Å². The van der Waals surface area contributed by atoms with Gasteiger partial charge in [0, 0.05) is 29.6 Å². The van der Waals surface area contributed by atoms with Crippen molar-refractivity contribution in [3.8, 4) is 17.5 Å². The topological polar surface area (TPSA) is 70.1 Å². The maximum absolute atomic E-state index is 12.5. The van der Waals surface area contributed by atoms with Crippen LogP contribution >= 0.6 is 11.6 Å². The van der Waals surface area contributed by atoms with Gasteiger partial charge in [-0.25, -0.2) is 4.98 Å². The Balaban J connectivity index is 1.70. The highest BCUT2D eigenvalue weighted by Crippen LogP contribution is 2.25. The molecule has 0 spiro atoms. The number of hydrogen-bond acceptors (Lipinski definition) is 4. The maximum atomic E-state index is 12.5. The fraction of sp³-hybridized carbons (Fsp3) is 0.389. The summed E-state index contributed by atoms with van der Waals surface area (Å²) < 4.78 is 5.69. The lowest BCUT2D eigenvalue weighted by molar-refractivity contribution is -0.131. The van der Waals surface area contributed by atoms with Gasteiger partial charge in [-0.05, 0) is 38.0 Å². The molecule has 0 radical (unpaired) electrons.